The summed E-state index contributed by atoms with van der Waals surface area (Å²) in [5.41, 5.74) is 9.11. The van der Waals surface area contributed by atoms with Crippen molar-refractivity contribution in [3.05, 3.63) is 54.2 Å². The minimum atomic E-state index is -1.05. The average Bonchev–Trinajstić information content (AvgIpc) is 2.58. The Kier molecular flexibility index (Phi) is 8.22. The molecule has 0 amide bonds. The Labute approximate surface area is 143 Å². The molecule has 1 heterocycles. The topological polar surface area (TPSA) is 72.0 Å². The maximum atomic E-state index is 13.2. The summed E-state index contributed by atoms with van der Waals surface area (Å²) in [6, 6.07) is 0. The van der Waals surface area contributed by atoms with Crippen molar-refractivity contribution in [3.63, 3.8) is 0 Å². The molecule has 0 aromatic carbocycles. The van der Waals surface area contributed by atoms with Gasteiger partial charge in [-0.15, -0.1) is 6.58 Å². The Bertz CT molecular complexity index is 636. The van der Waals surface area contributed by atoms with E-state index in [2.05, 4.69) is 23.1 Å². The van der Waals surface area contributed by atoms with Crippen molar-refractivity contribution in [3.8, 4) is 0 Å². The summed E-state index contributed by atoms with van der Waals surface area (Å²) in [4.78, 5) is 9.22. The Hall–Kier alpha value is -2.11. The van der Waals surface area contributed by atoms with Gasteiger partial charge in [-0.3, -0.25) is 0 Å². The number of aliphatic hydroxyl groups excluding tert-OH is 1. The molecule has 2 atom stereocenters. The van der Waals surface area contributed by atoms with Gasteiger partial charge in [-0.1, -0.05) is 25.7 Å². The van der Waals surface area contributed by atoms with Gasteiger partial charge in [-0.05, 0) is 50.0 Å². The largest absolute Gasteiger partial charge is 0.375 e. The first-order chi connectivity index (χ1) is 11.4. The molecule has 1 aromatic heterocycles. The van der Waals surface area contributed by atoms with Gasteiger partial charge in [0.15, 0.2) is 0 Å². The van der Waals surface area contributed by atoms with Gasteiger partial charge in [-0.2, -0.15) is 0 Å². The lowest BCUT2D eigenvalue weighted by Crippen LogP contribution is -2.14. The molecule has 1 aromatic rings. The number of nitrogens with zero attached hydrogens (tertiary/aromatic N) is 2. The van der Waals surface area contributed by atoms with Gasteiger partial charge in [0.25, 0.3) is 0 Å². The summed E-state index contributed by atoms with van der Waals surface area (Å²) in [7, 11) is 0. The van der Waals surface area contributed by atoms with Gasteiger partial charge < -0.3 is 10.8 Å². The van der Waals surface area contributed by atoms with Crippen LogP contribution in [0.4, 0.5) is 4.39 Å². The molecule has 0 saturated heterocycles. The zero-order valence-corrected chi connectivity index (χ0v) is 14.4. The first-order valence-corrected chi connectivity index (χ1v) is 8.01. The van der Waals surface area contributed by atoms with Crippen molar-refractivity contribution < 1.29 is 9.50 Å². The van der Waals surface area contributed by atoms with Crippen molar-refractivity contribution in [2.45, 2.75) is 45.5 Å². The molecule has 0 saturated carbocycles. The van der Waals surface area contributed by atoms with Crippen molar-refractivity contribution in [2.75, 3.05) is 0 Å². The minimum Gasteiger partial charge on any atom is -0.375 e. The molecule has 0 aliphatic carbocycles. The van der Waals surface area contributed by atoms with Crippen LogP contribution < -0.4 is 5.73 Å². The third kappa shape index (κ3) is 5.83. The maximum absolute atomic E-state index is 13.2. The number of hydrogen-bond donors (Lipinski definition) is 2. The number of aliphatic hydroxyl groups is 1. The lowest BCUT2D eigenvalue weighted by atomic mass is 10.1. The lowest BCUT2D eigenvalue weighted by Gasteiger charge is -2.11. The van der Waals surface area contributed by atoms with Crippen molar-refractivity contribution in [2.24, 2.45) is 5.73 Å². The summed E-state index contributed by atoms with van der Waals surface area (Å²) in [5.74, 6) is 0. The smallest absolute Gasteiger partial charge is 0.121 e. The molecule has 0 bridgehead atoms. The van der Waals surface area contributed by atoms with Gasteiger partial charge >= 0.3 is 0 Å². The summed E-state index contributed by atoms with van der Waals surface area (Å²) in [5, 5.41) is 9.18. The number of aromatic nitrogens is 2. The van der Waals surface area contributed by atoms with E-state index >= 15 is 0 Å². The molecule has 5 heteroatoms. The van der Waals surface area contributed by atoms with Crippen LogP contribution in [0.5, 0.6) is 0 Å². The van der Waals surface area contributed by atoms with Gasteiger partial charge in [0, 0.05) is 0 Å². The van der Waals surface area contributed by atoms with E-state index in [1.165, 1.54) is 12.2 Å². The molecule has 24 heavy (non-hydrogen) atoms. The fourth-order valence-corrected chi connectivity index (χ4v) is 2.20. The molecule has 4 nitrogen and oxygen atoms in total. The molecule has 0 aliphatic heterocycles. The van der Waals surface area contributed by atoms with Crippen molar-refractivity contribution >= 4 is 17.7 Å². The van der Waals surface area contributed by atoms with E-state index in [0.717, 1.165) is 17.0 Å². The van der Waals surface area contributed by atoms with Crippen molar-refractivity contribution in [1.29, 1.82) is 0 Å². The van der Waals surface area contributed by atoms with E-state index in [1.54, 1.807) is 12.2 Å². The quantitative estimate of drug-likeness (QED) is 0.535. The van der Waals surface area contributed by atoms with Crippen LogP contribution in [0, 0.1) is 0 Å². The van der Waals surface area contributed by atoms with Crippen LogP contribution in [0.25, 0.3) is 17.7 Å². The normalized spacial score (nSPS) is 14.6. The molecular formula is C19H26FN3O. The molecule has 0 radical (unpaired) electrons. The molecular weight excluding hydrogens is 305 g/mol. The second-order valence-corrected chi connectivity index (χ2v) is 5.41. The molecule has 1 rings (SSSR count). The Morgan fingerprint density at radius 3 is 2.58 bits per heavy atom. The molecule has 0 aliphatic rings. The lowest BCUT2D eigenvalue weighted by molar-refractivity contribution is 0.232. The zero-order chi connectivity index (χ0) is 18.1. The van der Waals surface area contributed by atoms with E-state index in [4.69, 9.17) is 5.73 Å². The van der Waals surface area contributed by atoms with Gasteiger partial charge in [0.2, 0.25) is 0 Å². The Morgan fingerprint density at radius 1 is 1.33 bits per heavy atom. The third-order valence-electron chi connectivity index (χ3n) is 3.53. The Balaban J connectivity index is 3.16. The minimum absolute atomic E-state index is 0.402. The molecule has 130 valence electrons. The van der Waals surface area contributed by atoms with E-state index in [1.807, 2.05) is 19.9 Å². The molecule has 3 N–H and O–H groups in total. The third-order valence-corrected chi connectivity index (χ3v) is 3.53. The van der Waals surface area contributed by atoms with Gasteiger partial charge in [-0.25, -0.2) is 14.4 Å². The van der Waals surface area contributed by atoms with Crippen LogP contribution in [0.2, 0.25) is 0 Å². The summed E-state index contributed by atoms with van der Waals surface area (Å²) < 4.78 is 13.2. The summed E-state index contributed by atoms with van der Waals surface area (Å²) >= 11 is 0. The summed E-state index contributed by atoms with van der Waals surface area (Å²) in [6.45, 7) is 11.1. The SMILES string of the molecule is C=Cc1nc(/C(C)=C/CCC(F)C=C)c(CC)nc1/C=C/C(N)O. The highest BCUT2D eigenvalue weighted by molar-refractivity contribution is 5.66. The maximum Gasteiger partial charge on any atom is 0.121 e. The van der Waals surface area contributed by atoms with E-state index < -0.39 is 12.4 Å². The van der Waals surface area contributed by atoms with Crippen molar-refractivity contribution in [1.82, 2.24) is 9.97 Å². The van der Waals surface area contributed by atoms with Crippen LogP contribution in [0.1, 0.15) is 49.5 Å². The van der Waals surface area contributed by atoms with Crippen LogP contribution in [0.3, 0.4) is 0 Å². The fourth-order valence-electron chi connectivity index (χ4n) is 2.20. The Morgan fingerprint density at radius 2 is 2.04 bits per heavy atom. The zero-order valence-electron chi connectivity index (χ0n) is 14.4. The van der Waals surface area contributed by atoms with Crippen LogP contribution in [-0.2, 0) is 6.42 Å². The highest BCUT2D eigenvalue weighted by Gasteiger charge is 2.11. The number of halogens is 1. The standard InChI is InChI=1S/C19H26FN3O/c1-5-14(20)10-8-9-13(4)19-16(7-3)22-17(11-12-18(21)24)15(6-2)23-19/h5-6,9,11-12,14,18,24H,1-2,7-8,10,21H2,3-4H3/b12-11+,13-9+. The number of hydrogen-bond acceptors (Lipinski definition) is 4. The second kappa shape index (κ2) is 9.90. The fraction of sp³-hybridized carbons (Fsp3) is 0.368. The first kappa shape index (κ1) is 19.9. The highest BCUT2D eigenvalue weighted by atomic mass is 19.1. The van der Waals surface area contributed by atoms with E-state index in [-0.39, 0.29) is 0 Å². The molecule has 2 unspecified atom stereocenters. The van der Waals surface area contributed by atoms with Crippen LogP contribution in [0.15, 0.2) is 31.4 Å². The predicted octanol–water partition coefficient (Wildman–Crippen LogP) is 3.68. The second-order valence-electron chi connectivity index (χ2n) is 5.41. The van der Waals surface area contributed by atoms with Crippen LogP contribution in [-0.4, -0.2) is 27.5 Å². The number of rotatable bonds is 9. The number of nitrogens with two attached hydrogens (primary N) is 1. The first-order valence-electron chi connectivity index (χ1n) is 8.01. The number of aryl methyl sites for hydroxylation is 1. The molecule has 0 spiro atoms. The monoisotopic (exact) mass is 331 g/mol. The van der Waals surface area contributed by atoms with Gasteiger partial charge in [0.05, 0.1) is 22.8 Å². The number of alkyl halides is 1. The molecule has 0 fully saturated rings. The number of allylic oxidation sites excluding steroid dienone is 3. The van der Waals surface area contributed by atoms with Gasteiger partial charge in [0.1, 0.15) is 12.4 Å². The van der Waals surface area contributed by atoms with Crippen LogP contribution >= 0.6 is 0 Å². The summed E-state index contributed by atoms with van der Waals surface area (Å²) in [6.07, 6.45) is 7.63. The highest BCUT2D eigenvalue weighted by Crippen LogP contribution is 2.21. The average molecular weight is 331 g/mol. The van der Waals surface area contributed by atoms with E-state index in [0.29, 0.717) is 30.7 Å². The predicted molar refractivity (Wildman–Crippen MR) is 98.7 cm³/mol. The van der Waals surface area contributed by atoms with E-state index in [9.17, 15) is 9.50 Å².